The molecule has 0 unspecified atom stereocenters. The van der Waals surface area contributed by atoms with Crippen LogP contribution in [-0.4, -0.2) is 89.6 Å². The predicted octanol–water partition coefficient (Wildman–Crippen LogP) is 3.20. The number of para-hydroxylation sites is 2. The number of ketones is 2. The van der Waals surface area contributed by atoms with Crippen molar-refractivity contribution >= 4 is 57.1 Å². The van der Waals surface area contributed by atoms with Gasteiger partial charge in [0.15, 0.2) is 0 Å². The summed E-state index contributed by atoms with van der Waals surface area (Å²) in [6, 6.07) is 12.4. The van der Waals surface area contributed by atoms with Crippen molar-refractivity contribution in [2.24, 2.45) is 0 Å². The lowest BCUT2D eigenvalue weighted by Gasteiger charge is -2.20. The number of carbonyl (C=O) groups excluding carboxylic acids is 4. The zero-order valence-corrected chi connectivity index (χ0v) is 24.4. The van der Waals surface area contributed by atoms with Crippen LogP contribution in [0.1, 0.15) is 52.8 Å². The van der Waals surface area contributed by atoms with Gasteiger partial charge in [0, 0.05) is 60.4 Å². The number of hydrogen-bond donors (Lipinski definition) is 2. The third-order valence-electron chi connectivity index (χ3n) is 8.85. The number of carboxylic acid groups (broad SMARTS) is 2. The number of fused-ring (bicyclic) bond motifs is 2. The molecule has 2 N–H and O–H groups in total. The van der Waals surface area contributed by atoms with Crippen LogP contribution in [0.2, 0.25) is 0 Å². The normalized spacial score (nSPS) is 18.1. The lowest BCUT2D eigenvalue weighted by Crippen LogP contribution is -2.43. The van der Waals surface area contributed by atoms with Crippen LogP contribution < -0.4 is 0 Å². The molecule has 2 aliphatic rings. The van der Waals surface area contributed by atoms with E-state index >= 15 is 0 Å². The second-order valence-electron chi connectivity index (χ2n) is 11.5. The number of nitrogens with zero attached hydrogens (tertiary/aromatic N) is 4. The van der Waals surface area contributed by atoms with Crippen LogP contribution in [0.5, 0.6) is 0 Å². The first-order valence-electron chi connectivity index (χ1n) is 15.0. The van der Waals surface area contributed by atoms with Gasteiger partial charge in [0.25, 0.3) is 23.4 Å². The summed E-state index contributed by atoms with van der Waals surface area (Å²) in [5.41, 5.74) is 1.93. The summed E-state index contributed by atoms with van der Waals surface area (Å²) in [7, 11) is 0. The van der Waals surface area contributed by atoms with Gasteiger partial charge >= 0.3 is 11.9 Å². The summed E-state index contributed by atoms with van der Waals surface area (Å²) in [5.74, 6) is -5.38. The van der Waals surface area contributed by atoms with Crippen LogP contribution in [0, 0.1) is 0 Å². The molecular formula is C33H32N4O8. The first-order valence-corrected chi connectivity index (χ1v) is 15.0. The average Bonchev–Trinajstić information content (AvgIpc) is 3.85. The minimum Gasteiger partial charge on any atom is -0.480 e. The van der Waals surface area contributed by atoms with Crippen molar-refractivity contribution in [2.45, 2.75) is 57.3 Å². The molecule has 0 saturated carbocycles. The van der Waals surface area contributed by atoms with E-state index < -0.39 is 47.4 Å². The molecule has 12 nitrogen and oxygen atoms in total. The molecule has 2 aliphatic heterocycles. The van der Waals surface area contributed by atoms with E-state index in [0.717, 1.165) is 20.8 Å². The fourth-order valence-corrected chi connectivity index (χ4v) is 6.66. The van der Waals surface area contributed by atoms with Crippen LogP contribution in [0.4, 0.5) is 0 Å². The van der Waals surface area contributed by atoms with Gasteiger partial charge in [-0.15, -0.1) is 0 Å². The number of carboxylic acids is 2. The Bertz CT molecular complexity index is 1740. The number of hydrogen-bond acceptors (Lipinski definition) is 6. The van der Waals surface area contributed by atoms with Gasteiger partial charge in [0.05, 0.1) is 11.1 Å². The molecule has 232 valence electrons. The summed E-state index contributed by atoms with van der Waals surface area (Å²) >= 11 is 0. The molecule has 4 heterocycles. The minimum absolute atomic E-state index is 0.214. The maximum Gasteiger partial charge on any atom is 0.326 e. The largest absolute Gasteiger partial charge is 0.480 e. The maximum atomic E-state index is 13.3. The smallest absolute Gasteiger partial charge is 0.326 e. The quantitative estimate of drug-likeness (QED) is 0.204. The van der Waals surface area contributed by atoms with E-state index in [9.17, 15) is 39.0 Å². The molecule has 4 aromatic rings. The molecule has 2 aromatic heterocycles. The number of aromatic nitrogens is 2. The summed E-state index contributed by atoms with van der Waals surface area (Å²) in [6.07, 6.45) is 5.50. The van der Waals surface area contributed by atoms with Gasteiger partial charge in [0.2, 0.25) is 0 Å². The number of aliphatic carboxylic acids is 2. The average molecular weight is 613 g/mol. The van der Waals surface area contributed by atoms with E-state index in [2.05, 4.69) is 0 Å². The lowest BCUT2D eigenvalue weighted by atomic mass is 10.1. The Labute approximate surface area is 257 Å². The SMILES string of the molecule is O=C(C(=O)N1CCC[C@H]1C(=O)O)c1cn(CCCn2cc(C(=O)C(=O)N3CCC[C@H]3C(=O)O)c3ccccc32)c2ccccc12. The van der Waals surface area contributed by atoms with Crippen LogP contribution in [0.3, 0.4) is 0 Å². The number of likely N-dealkylation sites (tertiary alicyclic amines) is 2. The molecule has 2 atom stereocenters. The topological polar surface area (TPSA) is 159 Å². The second-order valence-corrected chi connectivity index (χ2v) is 11.5. The highest BCUT2D eigenvalue weighted by Crippen LogP contribution is 2.27. The fraction of sp³-hybridized carbons (Fsp3) is 0.333. The van der Waals surface area contributed by atoms with E-state index in [1.54, 1.807) is 36.7 Å². The van der Waals surface area contributed by atoms with Gasteiger partial charge in [-0.05, 0) is 44.2 Å². The maximum absolute atomic E-state index is 13.3. The number of Topliss-reactive ketones (excluding diaryl/α,β-unsaturated/α-hetero) is 2. The first kappa shape index (κ1) is 29.8. The first-order chi connectivity index (χ1) is 21.7. The Morgan fingerprint density at radius 3 is 1.42 bits per heavy atom. The van der Waals surface area contributed by atoms with Crippen LogP contribution in [0.15, 0.2) is 60.9 Å². The van der Waals surface area contributed by atoms with Gasteiger partial charge in [-0.2, -0.15) is 0 Å². The third kappa shape index (κ3) is 5.36. The van der Waals surface area contributed by atoms with Crippen molar-refractivity contribution in [3.63, 3.8) is 0 Å². The monoisotopic (exact) mass is 612 g/mol. The molecule has 6 rings (SSSR count). The molecule has 2 amide bonds. The summed E-state index contributed by atoms with van der Waals surface area (Å²) in [4.78, 5) is 78.4. The molecular weight excluding hydrogens is 580 g/mol. The van der Waals surface area contributed by atoms with Gasteiger partial charge in [0.1, 0.15) is 12.1 Å². The number of amides is 2. The number of rotatable bonds is 10. The van der Waals surface area contributed by atoms with E-state index in [1.165, 1.54) is 0 Å². The molecule has 0 spiro atoms. The highest BCUT2D eigenvalue weighted by atomic mass is 16.4. The van der Waals surface area contributed by atoms with Crippen molar-refractivity contribution in [3.05, 3.63) is 72.1 Å². The standard InChI is InChI=1S/C33H32N4O8/c38-28(30(40)36-16-5-12-26(36)32(42)43)22-18-34(24-10-3-1-8-20(22)24)14-7-15-35-19-23(21-9-2-4-11-25(21)35)29(39)31(41)37-17-6-13-27(37)33(44)45/h1-4,8-11,18-19,26-27H,5-7,12-17H2,(H,42,43)(H,44,45)/t26-,27-/m0/s1. The molecule has 2 fully saturated rings. The van der Waals surface area contributed by atoms with Gasteiger partial charge in [-0.25, -0.2) is 9.59 Å². The van der Waals surface area contributed by atoms with Crippen LogP contribution in [-0.2, 0) is 32.3 Å². The van der Waals surface area contributed by atoms with Crippen molar-refractivity contribution in [2.75, 3.05) is 13.1 Å². The predicted molar refractivity (Wildman–Crippen MR) is 162 cm³/mol. The summed E-state index contributed by atoms with van der Waals surface area (Å²) in [5, 5.41) is 20.2. The Morgan fingerprint density at radius 2 is 1.02 bits per heavy atom. The van der Waals surface area contributed by atoms with Crippen molar-refractivity contribution in [1.29, 1.82) is 0 Å². The molecule has 2 saturated heterocycles. The van der Waals surface area contributed by atoms with Crippen molar-refractivity contribution in [3.8, 4) is 0 Å². The molecule has 0 aliphatic carbocycles. The fourth-order valence-electron chi connectivity index (χ4n) is 6.66. The Kier molecular flexibility index (Phi) is 7.96. The zero-order chi connectivity index (χ0) is 31.8. The molecule has 12 heteroatoms. The number of carbonyl (C=O) groups is 6. The lowest BCUT2D eigenvalue weighted by molar-refractivity contribution is -0.146. The van der Waals surface area contributed by atoms with E-state index in [-0.39, 0.29) is 24.2 Å². The number of aryl methyl sites for hydroxylation is 2. The summed E-state index contributed by atoms with van der Waals surface area (Å²) < 4.78 is 3.77. The van der Waals surface area contributed by atoms with Gasteiger partial charge in [-0.3, -0.25) is 19.2 Å². The molecule has 0 radical (unpaired) electrons. The van der Waals surface area contributed by atoms with Crippen LogP contribution in [0.25, 0.3) is 21.8 Å². The third-order valence-corrected chi connectivity index (χ3v) is 8.85. The van der Waals surface area contributed by atoms with Crippen LogP contribution >= 0.6 is 0 Å². The molecule has 0 bridgehead atoms. The number of benzene rings is 2. The Balaban J connectivity index is 1.21. The highest BCUT2D eigenvalue weighted by Gasteiger charge is 2.39. The highest BCUT2D eigenvalue weighted by molar-refractivity contribution is 6.45. The van der Waals surface area contributed by atoms with Gasteiger partial charge < -0.3 is 29.1 Å². The zero-order valence-electron chi connectivity index (χ0n) is 24.4. The Hall–Kier alpha value is -5.26. The summed E-state index contributed by atoms with van der Waals surface area (Å²) in [6.45, 7) is 1.37. The van der Waals surface area contributed by atoms with E-state index in [0.29, 0.717) is 56.0 Å². The van der Waals surface area contributed by atoms with E-state index in [1.807, 2.05) is 33.4 Å². The molecule has 45 heavy (non-hydrogen) atoms. The molecule has 2 aromatic carbocycles. The van der Waals surface area contributed by atoms with E-state index in [4.69, 9.17) is 0 Å². The van der Waals surface area contributed by atoms with Crippen molar-refractivity contribution in [1.82, 2.24) is 18.9 Å². The Morgan fingerprint density at radius 1 is 0.622 bits per heavy atom. The van der Waals surface area contributed by atoms with Crippen molar-refractivity contribution < 1.29 is 39.0 Å². The van der Waals surface area contributed by atoms with Gasteiger partial charge in [-0.1, -0.05) is 36.4 Å². The second kappa shape index (κ2) is 12.0. The minimum atomic E-state index is -1.12.